The zero-order valence-electron chi connectivity index (χ0n) is 19.9. The Morgan fingerprint density at radius 3 is 2.26 bits per heavy atom. The molecule has 1 N–H and O–H groups in total. The molecule has 3 aromatic carbocycles. The van der Waals surface area contributed by atoms with Crippen LogP contribution in [0.5, 0.6) is 11.5 Å². The van der Waals surface area contributed by atoms with Crippen molar-refractivity contribution in [3.8, 4) is 11.5 Å². The molecule has 1 heterocycles. The van der Waals surface area contributed by atoms with E-state index >= 15 is 0 Å². The zero-order chi connectivity index (χ0) is 27.2. The third kappa shape index (κ3) is 6.81. The van der Waals surface area contributed by atoms with Crippen molar-refractivity contribution in [2.24, 2.45) is 0 Å². The second-order valence-electron chi connectivity index (χ2n) is 8.12. The average molecular weight is 545 g/mol. The highest BCUT2D eigenvalue weighted by atomic mass is 32.2. The molecule has 1 amide bonds. The molecule has 0 saturated carbocycles. The lowest BCUT2D eigenvalue weighted by Gasteiger charge is -2.22. The number of alkyl halides is 3. The minimum Gasteiger partial charge on any atom is -0.459 e. The summed E-state index contributed by atoms with van der Waals surface area (Å²) in [6, 6.07) is 22.5. The maximum Gasteiger partial charge on any atom is 0.416 e. The SMILES string of the molecule is O=C(c1ccco1)N(CCCNS(=O)(=O)c1cccc(C(F)(F)F)c1)c1ccc(Oc2ccccc2)cc1. The molecule has 4 aromatic rings. The summed E-state index contributed by atoms with van der Waals surface area (Å²) in [5, 5.41) is 0. The fraction of sp³-hybridized carbons (Fsp3) is 0.148. The number of hydrogen-bond acceptors (Lipinski definition) is 5. The first-order chi connectivity index (χ1) is 18.1. The van der Waals surface area contributed by atoms with Gasteiger partial charge in [-0.15, -0.1) is 0 Å². The zero-order valence-corrected chi connectivity index (χ0v) is 20.7. The van der Waals surface area contributed by atoms with Crippen LogP contribution in [-0.4, -0.2) is 27.4 Å². The molecule has 0 unspecified atom stereocenters. The number of anilines is 1. The van der Waals surface area contributed by atoms with Gasteiger partial charge in [0.2, 0.25) is 10.0 Å². The van der Waals surface area contributed by atoms with E-state index in [1.165, 1.54) is 17.2 Å². The molecule has 4 rings (SSSR count). The number of halogens is 3. The van der Waals surface area contributed by atoms with Gasteiger partial charge in [0.25, 0.3) is 5.91 Å². The molecule has 0 bridgehead atoms. The van der Waals surface area contributed by atoms with E-state index in [9.17, 15) is 26.4 Å². The van der Waals surface area contributed by atoms with Crippen LogP contribution in [0.1, 0.15) is 22.5 Å². The molecular formula is C27H23F3N2O5S. The number of nitrogens with zero attached hydrogens (tertiary/aromatic N) is 1. The van der Waals surface area contributed by atoms with Crippen molar-refractivity contribution in [1.82, 2.24) is 4.72 Å². The normalized spacial score (nSPS) is 11.8. The van der Waals surface area contributed by atoms with Gasteiger partial charge in [-0.1, -0.05) is 24.3 Å². The van der Waals surface area contributed by atoms with Gasteiger partial charge >= 0.3 is 6.18 Å². The number of rotatable bonds is 10. The molecule has 1 aromatic heterocycles. The van der Waals surface area contributed by atoms with E-state index in [1.807, 2.05) is 18.2 Å². The third-order valence-corrected chi connectivity index (χ3v) is 6.89. The standard InChI is InChI=1S/C27H23F3N2O5S/c28-27(29,30)20-7-4-10-24(19-20)38(34,35)31-16-6-17-32(26(33)25-11-5-18-36-25)21-12-14-23(15-13-21)37-22-8-2-1-3-9-22/h1-5,7-15,18-19,31H,6,16-17H2. The van der Waals surface area contributed by atoms with Crippen molar-refractivity contribution >= 4 is 21.6 Å². The number of benzene rings is 3. The Morgan fingerprint density at radius 1 is 0.895 bits per heavy atom. The lowest BCUT2D eigenvalue weighted by molar-refractivity contribution is -0.137. The molecule has 198 valence electrons. The first-order valence-corrected chi connectivity index (χ1v) is 13.0. The maximum atomic E-state index is 13.1. The highest BCUT2D eigenvalue weighted by Gasteiger charge is 2.31. The summed E-state index contributed by atoms with van der Waals surface area (Å²) in [4.78, 5) is 14.0. The molecule has 0 aliphatic heterocycles. The Kier molecular flexibility index (Phi) is 8.18. The summed E-state index contributed by atoms with van der Waals surface area (Å²) in [5.74, 6) is 0.864. The highest BCUT2D eigenvalue weighted by Crippen LogP contribution is 2.30. The van der Waals surface area contributed by atoms with Gasteiger partial charge in [0.15, 0.2) is 5.76 Å². The van der Waals surface area contributed by atoms with E-state index in [-0.39, 0.29) is 25.3 Å². The van der Waals surface area contributed by atoms with Crippen LogP contribution in [0.3, 0.4) is 0 Å². The van der Waals surface area contributed by atoms with Crippen LogP contribution in [0.15, 0.2) is 107 Å². The number of carbonyl (C=O) groups excluding carboxylic acids is 1. The summed E-state index contributed by atoms with van der Waals surface area (Å²) in [7, 11) is -4.19. The minimum atomic E-state index is -4.67. The van der Waals surface area contributed by atoms with Gasteiger partial charge in [-0.05, 0) is 73.2 Å². The Balaban J connectivity index is 1.44. The molecule has 0 aliphatic rings. The molecule has 0 atom stereocenters. The van der Waals surface area contributed by atoms with Crippen molar-refractivity contribution in [3.63, 3.8) is 0 Å². The number of carbonyl (C=O) groups is 1. The topological polar surface area (TPSA) is 88.9 Å². The van der Waals surface area contributed by atoms with Crippen LogP contribution in [0.2, 0.25) is 0 Å². The lowest BCUT2D eigenvalue weighted by Crippen LogP contribution is -2.34. The van der Waals surface area contributed by atoms with Gasteiger partial charge in [-0.25, -0.2) is 13.1 Å². The van der Waals surface area contributed by atoms with Crippen molar-refractivity contribution in [2.45, 2.75) is 17.5 Å². The monoisotopic (exact) mass is 544 g/mol. The minimum absolute atomic E-state index is 0.0964. The van der Waals surface area contributed by atoms with Crippen molar-refractivity contribution < 1.29 is 35.5 Å². The van der Waals surface area contributed by atoms with Gasteiger partial charge in [0.1, 0.15) is 11.5 Å². The van der Waals surface area contributed by atoms with Crippen LogP contribution in [0.4, 0.5) is 18.9 Å². The Bertz CT molecular complexity index is 1460. The van der Waals surface area contributed by atoms with Gasteiger partial charge in [0, 0.05) is 18.8 Å². The summed E-state index contributed by atoms with van der Waals surface area (Å²) < 4.78 is 77.3. The van der Waals surface area contributed by atoms with Crippen LogP contribution < -0.4 is 14.4 Å². The van der Waals surface area contributed by atoms with Crippen LogP contribution >= 0.6 is 0 Å². The first kappa shape index (κ1) is 27.0. The van der Waals surface area contributed by atoms with E-state index in [1.54, 1.807) is 42.5 Å². The Morgan fingerprint density at radius 2 is 1.61 bits per heavy atom. The molecule has 38 heavy (non-hydrogen) atoms. The van der Waals surface area contributed by atoms with Crippen molar-refractivity contribution in [2.75, 3.05) is 18.0 Å². The second kappa shape index (κ2) is 11.5. The van der Waals surface area contributed by atoms with Gasteiger partial charge in [-0.3, -0.25) is 4.79 Å². The third-order valence-electron chi connectivity index (χ3n) is 5.43. The van der Waals surface area contributed by atoms with Gasteiger partial charge in [0.05, 0.1) is 16.7 Å². The predicted molar refractivity (Wildman–Crippen MR) is 135 cm³/mol. The van der Waals surface area contributed by atoms with E-state index in [0.717, 1.165) is 18.2 Å². The number of sulfonamides is 1. The predicted octanol–water partition coefficient (Wildman–Crippen LogP) is 6.11. The molecule has 0 fully saturated rings. The van der Waals surface area contributed by atoms with Crippen molar-refractivity contribution in [3.05, 3.63) is 109 Å². The fourth-order valence-corrected chi connectivity index (χ4v) is 4.69. The second-order valence-corrected chi connectivity index (χ2v) is 9.89. The van der Waals surface area contributed by atoms with E-state index in [2.05, 4.69) is 4.72 Å². The Labute approximate surface area is 217 Å². The number of para-hydroxylation sites is 1. The number of nitrogens with one attached hydrogen (secondary N) is 1. The molecule has 0 aliphatic carbocycles. The van der Waals surface area contributed by atoms with Crippen LogP contribution in [0.25, 0.3) is 0 Å². The molecule has 11 heteroatoms. The number of amides is 1. The van der Waals surface area contributed by atoms with E-state index < -0.39 is 32.6 Å². The summed E-state index contributed by atoms with van der Waals surface area (Å²) >= 11 is 0. The van der Waals surface area contributed by atoms with E-state index in [4.69, 9.17) is 9.15 Å². The van der Waals surface area contributed by atoms with Gasteiger partial charge in [-0.2, -0.15) is 13.2 Å². The number of ether oxygens (including phenoxy) is 1. The maximum absolute atomic E-state index is 13.1. The van der Waals surface area contributed by atoms with Crippen LogP contribution in [-0.2, 0) is 16.2 Å². The van der Waals surface area contributed by atoms with E-state index in [0.29, 0.717) is 23.3 Å². The lowest BCUT2D eigenvalue weighted by atomic mass is 10.2. The number of hydrogen-bond donors (Lipinski definition) is 1. The molecule has 7 nitrogen and oxygen atoms in total. The smallest absolute Gasteiger partial charge is 0.416 e. The molecule has 0 radical (unpaired) electrons. The van der Waals surface area contributed by atoms with Crippen molar-refractivity contribution in [1.29, 1.82) is 0 Å². The van der Waals surface area contributed by atoms with Gasteiger partial charge < -0.3 is 14.1 Å². The highest BCUT2D eigenvalue weighted by molar-refractivity contribution is 7.89. The largest absolute Gasteiger partial charge is 0.459 e. The fourth-order valence-electron chi connectivity index (χ4n) is 3.57. The first-order valence-electron chi connectivity index (χ1n) is 11.5. The van der Waals surface area contributed by atoms with Crippen LogP contribution in [0, 0.1) is 0 Å². The molecule has 0 spiro atoms. The molecule has 0 saturated heterocycles. The quantitative estimate of drug-likeness (QED) is 0.244. The summed E-state index contributed by atoms with van der Waals surface area (Å²) in [5.41, 5.74) is -0.539. The summed E-state index contributed by atoms with van der Waals surface area (Å²) in [6.45, 7) is -0.0146. The average Bonchev–Trinajstić information content (AvgIpc) is 3.45. The Hall–Kier alpha value is -4.09. The number of furan rings is 1. The molecular weight excluding hydrogens is 521 g/mol. The summed E-state index contributed by atoms with van der Waals surface area (Å²) in [6.07, 6.45) is -3.13.